The zero-order valence-corrected chi connectivity index (χ0v) is 15.3. The molecule has 2 N–H and O–H groups in total. The van der Waals surface area contributed by atoms with Crippen LogP contribution < -0.4 is 5.32 Å². The molecule has 1 aliphatic rings. The second-order valence-electron chi connectivity index (χ2n) is 7.74. The molecule has 0 spiro atoms. The topological polar surface area (TPSA) is 57.8 Å². The minimum absolute atomic E-state index is 0.101. The van der Waals surface area contributed by atoms with Gasteiger partial charge in [0.25, 0.3) is 0 Å². The smallest absolute Gasteiger partial charge is 0.231 e. The monoisotopic (exact) mass is 347 g/mol. The zero-order valence-electron chi connectivity index (χ0n) is 15.3. The van der Waals surface area contributed by atoms with Gasteiger partial charge in [0, 0.05) is 0 Å². The lowest BCUT2D eigenvalue weighted by molar-refractivity contribution is -0.124. The number of aromatic nitrogens is 2. The standard InChI is InChI=1S/C22H25N3O/c1-15(2)14-19(20-23-17-10-6-7-11-18(17)24-20)25-21(26)22(12-13-22)16-8-4-3-5-9-16/h3-11,15,19H,12-14H2,1-2H3,(H,23,24)(H,25,26). The number of hydrogen-bond donors (Lipinski definition) is 2. The second-order valence-corrected chi connectivity index (χ2v) is 7.74. The number of fused-ring (bicyclic) bond motifs is 1. The Bertz CT molecular complexity index is 876. The molecule has 3 aromatic rings. The molecule has 4 rings (SSSR count). The number of imidazole rings is 1. The summed E-state index contributed by atoms with van der Waals surface area (Å²) in [7, 11) is 0. The van der Waals surface area contributed by atoms with Gasteiger partial charge in [-0.3, -0.25) is 4.79 Å². The summed E-state index contributed by atoms with van der Waals surface area (Å²) in [6.45, 7) is 4.35. The molecule has 1 aliphatic carbocycles. The number of carbonyl (C=O) groups is 1. The molecule has 0 aliphatic heterocycles. The number of nitrogens with one attached hydrogen (secondary N) is 2. The van der Waals surface area contributed by atoms with Crippen LogP contribution in [0.25, 0.3) is 11.0 Å². The summed E-state index contributed by atoms with van der Waals surface area (Å²) in [5, 5.41) is 3.29. The molecule has 0 radical (unpaired) electrons. The van der Waals surface area contributed by atoms with E-state index in [0.29, 0.717) is 5.92 Å². The average molecular weight is 347 g/mol. The third-order valence-electron chi connectivity index (χ3n) is 5.26. The van der Waals surface area contributed by atoms with Gasteiger partial charge in [-0.25, -0.2) is 4.98 Å². The van der Waals surface area contributed by atoms with Gasteiger partial charge in [-0.05, 0) is 42.9 Å². The molecule has 4 heteroatoms. The van der Waals surface area contributed by atoms with Crippen LogP contribution in [0.3, 0.4) is 0 Å². The number of para-hydroxylation sites is 2. The number of nitrogens with zero attached hydrogens (tertiary/aromatic N) is 1. The number of rotatable bonds is 6. The predicted octanol–water partition coefficient (Wildman–Crippen LogP) is 4.50. The number of amides is 1. The van der Waals surface area contributed by atoms with E-state index in [0.717, 1.165) is 41.7 Å². The van der Waals surface area contributed by atoms with Crippen molar-refractivity contribution in [3.8, 4) is 0 Å². The highest BCUT2D eigenvalue weighted by Crippen LogP contribution is 2.48. The first-order valence-electron chi connectivity index (χ1n) is 9.40. The van der Waals surface area contributed by atoms with Crippen molar-refractivity contribution in [2.24, 2.45) is 5.92 Å². The normalized spacial score (nSPS) is 16.6. The summed E-state index contributed by atoms with van der Waals surface area (Å²) < 4.78 is 0. The molecule has 1 saturated carbocycles. The van der Waals surface area contributed by atoms with Gasteiger partial charge in [-0.15, -0.1) is 0 Å². The van der Waals surface area contributed by atoms with Crippen LogP contribution in [0.15, 0.2) is 54.6 Å². The fraction of sp³-hybridized carbons (Fsp3) is 0.364. The maximum Gasteiger partial charge on any atom is 0.231 e. The molecule has 4 nitrogen and oxygen atoms in total. The van der Waals surface area contributed by atoms with Crippen molar-refractivity contribution in [3.05, 3.63) is 66.0 Å². The lowest BCUT2D eigenvalue weighted by atomic mass is 9.94. The predicted molar refractivity (Wildman–Crippen MR) is 104 cm³/mol. The largest absolute Gasteiger partial charge is 0.345 e. The number of carbonyl (C=O) groups excluding carboxylic acids is 1. The summed E-state index contributed by atoms with van der Waals surface area (Å²) in [5.41, 5.74) is 2.71. The number of benzene rings is 2. The van der Waals surface area contributed by atoms with Crippen LogP contribution in [0.4, 0.5) is 0 Å². The first-order valence-corrected chi connectivity index (χ1v) is 9.40. The summed E-state index contributed by atoms with van der Waals surface area (Å²) in [6, 6.07) is 18.0. The molecular formula is C22H25N3O. The van der Waals surface area contributed by atoms with Gasteiger partial charge < -0.3 is 10.3 Å². The highest BCUT2D eigenvalue weighted by Gasteiger charge is 2.51. The summed E-state index contributed by atoms with van der Waals surface area (Å²) in [6.07, 6.45) is 2.69. The van der Waals surface area contributed by atoms with Gasteiger partial charge in [0.15, 0.2) is 0 Å². The van der Waals surface area contributed by atoms with E-state index in [-0.39, 0.29) is 17.4 Å². The van der Waals surface area contributed by atoms with Crippen molar-refractivity contribution in [2.75, 3.05) is 0 Å². The van der Waals surface area contributed by atoms with Crippen LogP contribution in [-0.4, -0.2) is 15.9 Å². The van der Waals surface area contributed by atoms with Crippen LogP contribution in [0.1, 0.15) is 50.5 Å². The first kappa shape index (κ1) is 16.8. The van der Waals surface area contributed by atoms with Gasteiger partial charge in [-0.2, -0.15) is 0 Å². The van der Waals surface area contributed by atoms with Crippen LogP contribution >= 0.6 is 0 Å². The van der Waals surface area contributed by atoms with Crippen molar-refractivity contribution in [1.82, 2.24) is 15.3 Å². The molecule has 1 aromatic heterocycles. The summed E-state index contributed by atoms with van der Waals surface area (Å²) >= 11 is 0. The van der Waals surface area contributed by atoms with E-state index in [1.165, 1.54) is 0 Å². The Morgan fingerprint density at radius 3 is 2.46 bits per heavy atom. The molecule has 1 fully saturated rings. The molecule has 1 heterocycles. The number of aromatic amines is 1. The Hall–Kier alpha value is -2.62. The van der Waals surface area contributed by atoms with Crippen LogP contribution in [0.5, 0.6) is 0 Å². The van der Waals surface area contributed by atoms with E-state index in [2.05, 4.69) is 36.3 Å². The van der Waals surface area contributed by atoms with Crippen LogP contribution in [0.2, 0.25) is 0 Å². The zero-order chi connectivity index (χ0) is 18.1. The van der Waals surface area contributed by atoms with Crippen molar-refractivity contribution in [3.63, 3.8) is 0 Å². The molecular weight excluding hydrogens is 322 g/mol. The minimum atomic E-state index is -0.359. The number of H-pyrrole nitrogens is 1. The van der Waals surface area contributed by atoms with Gasteiger partial charge in [0.2, 0.25) is 5.91 Å². The maximum atomic E-state index is 13.2. The van der Waals surface area contributed by atoms with E-state index in [9.17, 15) is 4.79 Å². The van der Waals surface area contributed by atoms with Gasteiger partial charge in [0.1, 0.15) is 5.82 Å². The SMILES string of the molecule is CC(C)CC(NC(=O)C1(c2ccccc2)CC1)c1nc2ccccc2[nH]1. The quantitative estimate of drug-likeness (QED) is 0.690. The molecule has 1 atom stereocenters. The Balaban J connectivity index is 1.60. The van der Waals surface area contributed by atoms with E-state index in [1.807, 2.05) is 42.5 Å². The highest BCUT2D eigenvalue weighted by molar-refractivity contribution is 5.91. The van der Waals surface area contributed by atoms with Gasteiger partial charge in [0.05, 0.1) is 22.5 Å². The highest BCUT2D eigenvalue weighted by atomic mass is 16.2. The molecule has 134 valence electrons. The maximum absolute atomic E-state index is 13.2. The third kappa shape index (κ3) is 3.12. The summed E-state index contributed by atoms with van der Waals surface area (Å²) in [4.78, 5) is 21.3. The lowest BCUT2D eigenvalue weighted by Gasteiger charge is -2.23. The van der Waals surface area contributed by atoms with Crippen LogP contribution in [-0.2, 0) is 10.2 Å². The molecule has 0 bridgehead atoms. The molecule has 1 unspecified atom stereocenters. The van der Waals surface area contributed by atoms with Crippen LogP contribution in [0, 0.1) is 5.92 Å². The van der Waals surface area contributed by atoms with E-state index < -0.39 is 0 Å². The Labute approximate surface area is 154 Å². The van der Waals surface area contributed by atoms with Gasteiger partial charge in [-0.1, -0.05) is 56.3 Å². The average Bonchev–Trinajstić information content (AvgIpc) is 3.34. The third-order valence-corrected chi connectivity index (χ3v) is 5.26. The molecule has 26 heavy (non-hydrogen) atoms. The Morgan fingerprint density at radius 2 is 1.81 bits per heavy atom. The van der Waals surface area contributed by atoms with E-state index in [4.69, 9.17) is 4.98 Å². The fourth-order valence-electron chi connectivity index (χ4n) is 3.67. The lowest BCUT2D eigenvalue weighted by Crippen LogP contribution is -2.38. The Kier molecular flexibility index (Phi) is 4.27. The fourth-order valence-corrected chi connectivity index (χ4v) is 3.67. The first-order chi connectivity index (χ1) is 12.6. The van der Waals surface area contributed by atoms with Gasteiger partial charge >= 0.3 is 0 Å². The van der Waals surface area contributed by atoms with Crippen molar-refractivity contribution in [2.45, 2.75) is 44.6 Å². The minimum Gasteiger partial charge on any atom is -0.345 e. The van der Waals surface area contributed by atoms with Crippen molar-refractivity contribution >= 4 is 16.9 Å². The Morgan fingerprint density at radius 1 is 1.12 bits per heavy atom. The van der Waals surface area contributed by atoms with Crippen molar-refractivity contribution in [1.29, 1.82) is 0 Å². The second kappa shape index (κ2) is 6.60. The van der Waals surface area contributed by atoms with Crippen molar-refractivity contribution < 1.29 is 4.79 Å². The van der Waals surface area contributed by atoms with E-state index >= 15 is 0 Å². The molecule has 1 amide bonds. The van der Waals surface area contributed by atoms with E-state index in [1.54, 1.807) is 0 Å². The number of hydrogen-bond acceptors (Lipinski definition) is 2. The summed E-state index contributed by atoms with van der Waals surface area (Å²) in [5.74, 6) is 1.42. The molecule has 0 saturated heterocycles. The molecule has 2 aromatic carbocycles.